The van der Waals surface area contributed by atoms with Crippen LogP contribution < -0.4 is 5.32 Å². The van der Waals surface area contributed by atoms with Crippen LogP contribution in [0, 0.1) is 0 Å². The molecule has 0 heterocycles. The van der Waals surface area contributed by atoms with E-state index in [1.807, 2.05) is 26.8 Å². The maximum atomic E-state index is 12.2. The molecule has 0 aromatic heterocycles. The van der Waals surface area contributed by atoms with Crippen molar-refractivity contribution in [3.63, 3.8) is 0 Å². The number of Topliss-reactive ketones (excluding diaryl/α,β-unsaturated/α-hetero) is 1. The summed E-state index contributed by atoms with van der Waals surface area (Å²) in [5.74, 6) is -0.0356. The minimum absolute atomic E-state index is 0.00937. The summed E-state index contributed by atoms with van der Waals surface area (Å²) in [6.07, 6.45) is 0.399. The van der Waals surface area contributed by atoms with Gasteiger partial charge in [0.2, 0.25) is 0 Å². The Morgan fingerprint density at radius 3 is 2.38 bits per heavy atom. The van der Waals surface area contributed by atoms with Crippen LogP contribution in [0.4, 0.5) is 0 Å². The molecule has 2 aromatic carbocycles. The summed E-state index contributed by atoms with van der Waals surface area (Å²) in [7, 11) is 0. The minimum atomic E-state index is -0.312. The fourth-order valence-corrected chi connectivity index (χ4v) is 2.40. The molecule has 0 saturated carbocycles. The van der Waals surface area contributed by atoms with Gasteiger partial charge in [-0.1, -0.05) is 30.3 Å². The summed E-state index contributed by atoms with van der Waals surface area (Å²) in [6, 6.07) is 13.9. The lowest BCUT2D eigenvalue weighted by Crippen LogP contribution is -2.40. The normalized spacial score (nSPS) is 11.1. The number of carbonyl (C=O) groups excluding carboxylic acids is 2. The van der Waals surface area contributed by atoms with Gasteiger partial charge in [-0.05, 0) is 44.5 Å². The van der Waals surface area contributed by atoms with E-state index in [1.165, 1.54) is 0 Å². The van der Waals surface area contributed by atoms with Gasteiger partial charge in [0.25, 0.3) is 5.91 Å². The van der Waals surface area contributed by atoms with Crippen molar-refractivity contribution in [2.75, 3.05) is 0 Å². The smallest absolute Gasteiger partial charge is 0.251 e. The molecule has 4 heteroatoms. The highest BCUT2D eigenvalue weighted by atomic mass is 16.3. The highest BCUT2D eigenvalue weighted by Gasteiger charge is 2.16. The van der Waals surface area contributed by atoms with Crippen LogP contribution in [-0.2, 0) is 17.6 Å². The molecule has 0 unspecified atom stereocenters. The highest BCUT2D eigenvalue weighted by molar-refractivity contribution is 5.95. The molecule has 0 aliphatic carbocycles. The Hall–Kier alpha value is -2.62. The molecule has 0 fully saturated rings. The molecule has 0 atom stereocenters. The van der Waals surface area contributed by atoms with Crippen LogP contribution in [0.15, 0.2) is 48.5 Å². The number of ketones is 1. The molecule has 126 valence electrons. The molecule has 4 nitrogen and oxygen atoms in total. The van der Waals surface area contributed by atoms with E-state index < -0.39 is 0 Å². The maximum Gasteiger partial charge on any atom is 0.251 e. The van der Waals surface area contributed by atoms with E-state index in [1.54, 1.807) is 42.5 Å². The zero-order valence-electron chi connectivity index (χ0n) is 14.3. The van der Waals surface area contributed by atoms with Gasteiger partial charge in [0.05, 0.1) is 0 Å². The van der Waals surface area contributed by atoms with E-state index >= 15 is 0 Å². The Bertz CT molecular complexity index is 745. The minimum Gasteiger partial charge on any atom is -0.508 e. The van der Waals surface area contributed by atoms with Crippen LogP contribution in [0.25, 0.3) is 0 Å². The number of amides is 1. The highest BCUT2D eigenvalue weighted by Crippen LogP contribution is 2.17. The maximum absolute atomic E-state index is 12.2. The summed E-state index contributed by atoms with van der Waals surface area (Å²) in [5, 5.41) is 12.7. The predicted octanol–water partition coefficient (Wildman–Crippen LogP) is 3.27. The molecule has 0 radical (unpaired) electrons. The number of hydrogen-bond donors (Lipinski definition) is 2. The van der Waals surface area contributed by atoms with Crippen molar-refractivity contribution in [2.45, 2.75) is 39.2 Å². The Labute approximate surface area is 142 Å². The van der Waals surface area contributed by atoms with Gasteiger partial charge >= 0.3 is 0 Å². The Balaban J connectivity index is 2.05. The number of carbonyl (C=O) groups is 2. The second-order valence-corrected chi connectivity index (χ2v) is 6.93. The first-order chi connectivity index (χ1) is 11.2. The fraction of sp³-hybridized carbons (Fsp3) is 0.300. The number of aromatic hydroxyl groups is 1. The van der Waals surface area contributed by atoms with Crippen LogP contribution >= 0.6 is 0 Å². The lowest BCUT2D eigenvalue weighted by molar-refractivity contribution is -0.117. The number of hydrogen-bond acceptors (Lipinski definition) is 3. The average molecular weight is 325 g/mol. The van der Waals surface area contributed by atoms with Gasteiger partial charge in [-0.15, -0.1) is 0 Å². The third-order valence-electron chi connectivity index (χ3n) is 3.46. The van der Waals surface area contributed by atoms with E-state index in [4.69, 9.17) is 0 Å². The molecular formula is C20H23NO3. The SMILES string of the molecule is CC(C)(C)NC(=O)c1cccc(CC(=O)Cc2ccccc2O)c1. The van der Waals surface area contributed by atoms with E-state index in [0.29, 0.717) is 11.1 Å². The van der Waals surface area contributed by atoms with Gasteiger partial charge in [-0.3, -0.25) is 9.59 Å². The van der Waals surface area contributed by atoms with Gasteiger partial charge in [-0.25, -0.2) is 0 Å². The van der Waals surface area contributed by atoms with Crippen molar-refractivity contribution in [1.29, 1.82) is 0 Å². The van der Waals surface area contributed by atoms with E-state index in [-0.39, 0.29) is 35.8 Å². The van der Waals surface area contributed by atoms with Gasteiger partial charge in [0, 0.05) is 29.5 Å². The summed E-state index contributed by atoms with van der Waals surface area (Å²) in [4.78, 5) is 24.4. The van der Waals surface area contributed by atoms with Crippen LogP contribution in [0.3, 0.4) is 0 Å². The first-order valence-corrected chi connectivity index (χ1v) is 7.94. The molecule has 0 aliphatic heterocycles. The standard InChI is InChI=1S/C20H23NO3/c1-20(2,3)21-19(24)16-9-6-7-14(11-16)12-17(22)13-15-8-4-5-10-18(15)23/h4-11,23H,12-13H2,1-3H3,(H,21,24). The molecule has 0 spiro atoms. The molecule has 2 rings (SSSR count). The zero-order valence-corrected chi connectivity index (χ0v) is 14.3. The van der Waals surface area contributed by atoms with Crippen LogP contribution in [0.2, 0.25) is 0 Å². The fourth-order valence-electron chi connectivity index (χ4n) is 2.40. The molecule has 0 bridgehead atoms. The largest absolute Gasteiger partial charge is 0.508 e. The Morgan fingerprint density at radius 2 is 1.71 bits per heavy atom. The molecule has 2 aromatic rings. The molecular weight excluding hydrogens is 302 g/mol. The molecule has 0 aliphatic rings. The zero-order chi connectivity index (χ0) is 17.7. The monoisotopic (exact) mass is 325 g/mol. The first-order valence-electron chi connectivity index (χ1n) is 7.94. The molecule has 2 N–H and O–H groups in total. The lowest BCUT2D eigenvalue weighted by Gasteiger charge is -2.20. The number of nitrogens with one attached hydrogen (secondary N) is 1. The summed E-state index contributed by atoms with van der Waals surface area (Å²) >= 11 is 0. The summed E-state index contributed by atoms with van der Waals surface area (Å²) in [5.41, 5.74) is 1.63. The van der Waals surface area contributed by atoms with Crippen LogP contribution in [0.5, 0.6) is 5.75 Å². The van der Waals surface area contributed by atoms with Gasteiger partial charge in [0.1, 0.15) is 11.5 Å². The third-order valence-corrected chi connectivity index (χ3v) is 3.46. The van der Waals surface area contributed by atoms with Crippen molar-refractivity contribution < 1.29 is 14.7 Å². The predicted molar refractivity (Wildman–Crippen MR) is 94.2 cm³/mol. The third kappa shape index (κ3) is 5.23. The second-order valence-electron chi connectivity index (χ2n) is 6.93. The molecule has 1 amide bonds. The number of phenols is 1. The Morgan fingerprint density at radius 1 is 1.00 bits per heavy atom. The van der Waals surface area contributed by atoms with E-state index in [2.05, 4.69) is 5.32 Å². The van der Waals surface area contributed by atoms with Gasteiger partial charge in [0.15, 0.2) is 0 Å². The van der Waals surface area contributed by atoms with E-state index in [0.717, 1.165) is 5.56 Å². The lowest BCUT2D eigenvalue weighted by atomic mass is 10.00. The van der Waals surface area contributed by atoms with Crippen molar-refractivity contribution in [3.8, 4) is 5.75 Å². The van der Waals surface area contributed by atoms with Crippen LogP contribution in [-0.4, -0.2) is 22.3 Å². The number of benzene rings is 2. The molecule has 24 heavy (non-hydrogen) atoms. The average Bonchev–Trinajstić information content (AvgIpc) is 2.48. The van der Waals surface area contributed by atoms with Gasteiger partial charge in [-0.2, -0.15) is 0 Å². The van der Waals surface area contributed by atoms with Crippen molar-refractivity contribution in [1.82, 2.24) is 5.32 Å². The van der Waals surface area contributed by atoms with Crippen molar-refractivity contribution >= 4 is 11.7 Å². The number of para-hydroxylation sites is 1. The first kappa shape index (κ1) is 17.7. The number of rotatable bonds is 5. The Kier molecular flexibility index (Phi) is 5.39. The van der Waals surface area contributed by atoms with Crippen LogP contribution in [0.1, 0.15) is 42.3 Å². The van der Waals surface area contributed by atoms with Crippen molar-refractivity contribution in [3.05, 3.63) is 65.2 Å². The summed E-state index contributed by atoms with van der Waals surface area (Å²) in [6.45, 7) is 5.76. The van der Waals surface area contributed by atoms with Crippen molar-refractivity contribution in [2.24, 2.45) is 0 Å². The molecule has 0 saturated heterocycles. The topological polar surface area (TPSA) is 66.4 Å². The van der Waals surface area contributed by atoms with E-state index in [9.17, 15) is 14.7 Å². The quantitative estimate of drug-likeness (QED) is 0.886. The van der Waals surface area contributed by atoms with Gasteiger partial charge < -0.3 is 10.4 Å². The number of phenolic OH excluding ortho intramolecular Hbond substituents is 1. The summed E-state index contributed by atoms with van der Waals surface area (Å²) < 4.78 is 0. The second kappa shape index (κ2) is 7.30.